The van der Waals surface area contributed by atoms with Crippen molar-refractivity contribution < 1.29 is 4.79 Å². The van der Waals surface area contributed by atoms with Gasteiger partial charge in [0.25, 0.3) is 0 Å². The molecule has 0 bridgehead atoms. The van der Waals surface area contributed by atoms with Gasteiger partial charge in [0.15, 0.2) is 0 Å². The van der Waals surface area contributed by atoms with Gasteiger partial charge in [0, 0.05) is 27.7 Å². The highest BCUT2D eigenvalue weighted by atomic mass is 35.5. The summed E-state index contributed by atoms with van der Waals surface area (Å²) in [5, 5.41) is 11.3. The average molecular weight is 421 g/mol. The van der Waals surface area contributed by atoms with E-state index < -0.39 is 0 Å². The van der Waals surface area contributed by atoms with Gasteiger partial charge in [0.05, 0.1) is 18.8 Å². The molecule has 1 aromatic carbocycles. The summed E-state index contributed by atoms with van der Waals surface area (Å²) in [6.45, 7) is 4.72. The number of amides is 1. The third-order valence-corrected chi connectivity index (χ3v) is 5.45. The van der Waals surface area contributed by atoms with Crippen LogP contribution in [0.1, 0.15) is 27.5 Å². The van der Waals surface area contributed by atoms with Crippen LogP contribution in [-0.4, -0.2) is 20.7 Å². The molecule has 8 heteroatoms. The Morgan fingerprint density at radius 1 is 1.26 bits per heavy atom. The minimum atomic E-state index is -0.205. The Kier molecular flexibility index (Phi) is 6.31. The Morgan fingerprint density at radius 3 is 2.67 bits per heavy atom. The number of aryl methyl sites for hydroxylation is 2. The van der Waals surface area contributed by atoms with E-state index >= 15 is 0 Å². The number of carbonyl (C=O) groups is 1. The lowest BCUT2D eigenvalue weighted by Crippen LogP contribution is -2.20. The van der Waals surface area contributed by atoms with Gasteiger partial charge < -0.3 is 5.32 Å². The standard InChI is InChI=1S/C19H18Cl2N4OS/c1-12-11-27-18(23-12)9-22-17(26)8-7-16-13(2)24-25(19(16)21)10-14-3-5-15(20)6-4-14/h3-8,11H,9-10H2,1-2H3,(H,22,26)/b8-7+. The molecule has 0 atom stereocenters. The zero-order valence-electron chi connectivity index (χ0n) is 14.9. The van der Waals surface area contributed by atoms with Gasteiger partial charge in [0.1, 0.15) is 10.2 Å². The number of benzene rings is 1. The van der Waals surface area contributed by atoms with E-state index in [0.717, 1.165) is 27.5 Å². The van der Waals surface area contributed by atoms with E-state index in [-0.39, 0.29) is 5.91 Å². The van der Waals surface area contributed by atoms with Crippen LogP contribution in [0.25, 0.3) is 6.08 Å². The van der Waals surface area contributed by atoms with Crippen LogP contribution in [0.4, 0.5) is 0 Å². The first-order valence-corrected chi connectivity index (χ1v) is 9.90. The molecular formula is C19H18Cl2N4OS. The Labute approximate surface area is 171 Å². The SMILES string of the molecule is Cc1csc(CNC(=O)/C=C/c2c(C)nn(Cc3ccc(Cl)cc3)c2Cl)n1. The summed E-state index contributed by atoms with van der Waals surface area (Å²) in [6, 6.07) is 7.52. The predicted octanol–water partition coefficient (Wildman–Crippen LogP) is 4.64. The summed E-state index contributed by atoms with van der Waals surface area (Å²) in [7, 11) is 0. The molecule has 1 N–H and O–H groups in total. The molecule has 0 saturated carbocycles. The first-order valence-electron chi connectivity index (χ1n) is 8.26. The lowest BCUT2D eigenvalue weighted by atomic mass is 10.2. The van der Waals surface area contributed by atoms with E-state index in [2.05, 4.69) is 15.4 Å². The number of aromatic nitrogens is 3. The summed E-state index contributed by atoms with van der Waals surface area (Å²) < 4.78 is 1.70. The first kappa shape index (κ1) is 19.6. The van der Waals surface area contributed by atoms with E-state index in [1.807, 2.05) is 43.5 Å². The van der Waals surface area contributed by atoms with E-state index in [4.69, 9.17) is 23.2 Å². The molecule has 0 unspecified atom stereocenters. The van der Waals surface area contributed by atoms with E-state index in [1.54, 1.807) is 10.8 Å². The molecule has 3 rings (SSSR count). The van der Waals surface area contributed by atoms with Crippen LogP contribution < -0.4 is 5.32 Å². The van der Waals surface area contributed by atoms with Crippen molar-refractivity contribution in [3.63, 3.8) is 0 Å². The van der Waals surface area contributed by atoms with Crippen LogP contribution in [-0.2, 0) is 17.9 Å². The molecule has 3 aromatic rings. The van der Waals surface area contributed by atoms with Crippen molar-refractivity contribution in [3.8, 4) is 0 Å². The number of hydrogen-bond acceptors (Lipinski definition) is 4. The summed E-state index contributed by atoms with van der Waals surface area (Å²) in [6.07, 6.45) is 3.15. The molecule has 5 nitrogen and oxygen atoms in total. The van der Waals surface area contributed by atoms with Gasteiger partial charge >= 0.3 is 0 Å². The van der Waals surface area contributed by atoms with Crippen molar-refractivity contribution in [1.29, 1.82) is 0 Å². The maximum atomic E-state index is 12.0. The Morgan fingerprint density at radius 2 is 2.00 bits per heavy atom. The van der Waals surface area contributed by atoms with Gasteiger partial charge in [-0.25, -0.2) is 9.67 Å². The van der Waals surface area contributed by atoms with Gasteiger partial charge in [-0.2, -0.15) is 5.10 Å². The zero-order chi connectivity index (χ0) is 19.4. The molecule has 0 aliphatic heterocycles. The molecule has 0 aliphatic rings. The minimum Gasteiger partial charge on any atom is -0.346 e. The predicted molar refractivity (Wildman–Crippen MR) is 110 cm³/mol. The number of nitrogens with zero attached hydrogens (tertiary/aromatic N) is 3. The molecule has 2 aromatic heterocycles. The van der Waals surface area contributed by atoms with Crippen LogP contribution in [0.15, 0.2) is 35.7 Å². The lowest BCUT2D eigenvalue weighted by molar-refractivity contribution is -0.116. The quantitative estimate of drug-likeness (QED) is 0.590. The summed E-state index contributed by atoms with van der Waals surface area (Å²) in [4.78, 5) is 16.4. The monoisotopic (exact) mass is 420 g/mol. The fraction of sp³-hybridized carbons (Fsp3) is 0.211. The van der Waals surface area contributed by atoms with Gasteiger partial charge in [0.2, 0.25) is 5.91 Å². The smallest absolute Gasteiger partial charge is 0.244 e. The normalized spacial score (nSPS) is 11.3. The van der Waals surface area contributed by atoms with Crippen molar-refractivity contribution >= 4 is 46.5 Å². The highest BCUT2D eigenvalue weighted by Gasteiger charge is 2.12. The van der Waals surface area contributed by atoms with E-state index in [9.17, 15) is 4.79 Å². The maximum Gasteiger partial charge on any atom is 0.244 e. The third kappa shape index (κ3) is 5.19. The Balaban J connectivity index is 1.65. The summed E-state index contributed by atoms with van der Waals surface area (Å²) in [5.74, 6) is -0.205. The second-order valence-electron chi connectivity index (χ2n) is 6.01. The van der Waals surface area contributed by atoms with Gasteiger partial charge in [-0.15, -0.1) is 11.3 Å². The van der Waals surface area contributed by atoms with Crippen molar-refractivity contribution in [3.05, 3.63) is 73.4 Å². The van der Waals surface area contributed by atoms with Crippen molar-refractivity contribution in [2.24, 2.45) is 0 Å². The second-order valence-corrected chi connectivity index (χ2v) is 7.74. The highest BCUT2D eigenvalue weighted by Crippen LogP contribution is 2.22. The molecule has 0 aliphatic carbocycles. The van der Waals surface area contributed by atoms with Gasteiger partial charge in [-0.05, 0) is 37.6 Å². The molecule has 27 heavy (non-hydrogen) atoms. The Bertz CT molecular complexity index is 976. The fourth-order valence-corrected chi connectivity index (χ4v) is 3.62. The van der Waals surface area contributed by atoms with Crippen LogP contribution >= 0.6 is 34.5 Å². The summed E-state index contributed by atoms with van der Waals surface area (Å²) >= 11 is 13.9. The van der Waals surface area contributed by atoms with Crippen molar-refractivity contribution in [2.45, 2.75) is 26.9 Å². The number of carbonyl (C=O) groups excluding carboxylic acids is 1. The molecular weight excluding hydrogens is 403 g/mol. The van der Waals surface area contributed by atoms with E-state index in [0.29, 0.717) is 23.3 Å². The molecule has 140 valence electrons. The van der Waals surface area contributed by atoms with Crippen LogP contribution in [0.3, 0.4) is 0 Å². The number of halogens is 2. The molecule has 2 heterocycles. The first-order chi connectivity index (χ1) is 12.9. The number of hydrogen-bond donors (Lipinski definition) is 1. The summed E-state index contributed by atoms with van der Waals surface area (Å²) in [5.41, 5.74) is 3.48. The fourth-order valence-electron chi connectivity index (χ4n) is 2.49. The molecule has 0 radical (unpaired) electrons. The molecule has 1 amide bonds. The molecule has 0 saturated heterocycles. The molecule has 0 fully saturated rings. The number of nitrogens with one attached hydrogen (secondary N) is 1. The Hall–Kier alpha value is -2.15. The highest BCUT2D eigenvalue weighted by molar-refractivity contribution is 7.09. The lowest BCUT2D eigenvalue weighted by Gasteiger charge is -2.03. The van der Waals surface area contributed by atoms with Crippen LogP contribution in [0.2, 0.25) is 10.2 Å². The van der Waals surface area contributed by atoms with Gasteiger partial charge in [-0.1, -0.05) is 35.3 Å². The van der Waals surface area contributed by atoms with Crippen molar-refractivity contribution in [1.82, 2.24) is 20.1 Å². The van der Waals surface area contributed by atoms with Crippen LogP contribution in [0, 0.1) is 13.8 Å². The van der Waals surface area contributed by atoms with Gasteiger partial charge in [-0.3, -0.25) is 4.79 Å². The molecule has 0 spiro atoms. The second kappa shape index (κ2) is 8.69. The largest absolute Gasteiger partial charge is 0.346 e. The third-order valence-electron chi connectivity index (χ3n) is 3.84. The van der Waals surface area contributed by atoms with E-state index in [1.165, 1.54) is 17.4 Å². The number of rotatable bonds is 6. The van der Waals surface area contributed by atoms with Crippen LogP contribution in [0.5, 0.6) is 0 Å². The maximum absolute atomic E-state index is 12.0. The topological polar surface area (TPSA) is 59.8 Å². The average Bonchev–Trinajstić information content (AvgIpc) is 3.17. The van der Waals surface area contributed by atoms with Crippen molar-refractivity contribution in [2.75, 3.05) is 0 Å². The zero-order valence-corrected chi connectivity index (χ0v) is 17.2. The minimum absolute atomic E-state index is 0.205. The number of thiazole rings is 1.